The van der Waals surface area contributed by atoms with Crippen LogP contribution in [0.5, 0.6) is 0 Å². The molecular formula is C13H16N2O. The zero-order chi connectivity index (χ0) is 11.7. The number of aryl methyl sites for hydroxylation is 1. The second-order valence-electron chi connectivity index (χ2n) is 4.19. The molecule has 1 N–H and O–H groups in total. The number of pyridine rings is 1. The lowest BCUT2D eigenvalue weighted by molar-refractivity contribution is 0.282. The molecule has 1 aromatic heterocycles. The quantitative estimate of drug-likeness (QED) is 0.835. The molecular weight excluding hydrogens is 200 g/mol. The normalized spacial score (nSPS) is 10.8. The second kappa shape index (κ2) is 4.10. The molecule has 0 aliphatic carbocycles. The number of aliphatic hydroxyl groups excluding tert-OH is 1. The van der Waals surface area contributed by atoms with Gasteiger partial charge in [-0.25, -0.2) is 0 Å². The van der Waals surface area contributed by atoms with Crippen LogP contribution in [-0.2, 0) is 6.61 Å². The predicted octanol–water partition coefficient (Wildman–Crippen LogP) is 2.10. The first-order chi connectivity index (χ1) is 7.61. The number of anilines is 1. The van der Waals surface area contributed by atoms with Crippen molar-refractivity contribution in [1.29, 1.82) is 0 Å². The Labute approximate surface area is 95.3 Å². The number of aliphatic hydroxyl groups is 1. The van der Waals surface area contributed by atoms with Crippen LogP contribution < -0.4 is 4.90 Å². The summed E-state index contributed by atoms with van der Waals surface area (Å²) in [4.78, 5) is 6.55. The molecule has 0 amide bonds. The van der Waals surface area contributed by atoms with Crippen molar-refractivity contribution in [2.24, 2.45) is 0 Å². The van der Waals surface area contributed by atoms with Crippen LogP contribution >= 0.6 is 0 Å². The van der Waals surface area contributed by atoms with Gasteiger partial charge in [-0.15, -0.1) is 0 Å². The first kappa shape index (κ1) is 10.9. The molecule has 0 unspecified atom stereocenters. The van der Waals surface area contributed by atoms with Crippen molar-refractivity contribution in [3.05, 3.63) is 35.5 Å². The molecule has 2 rings (SSSR count). The summed E-state index contributed by atoms with van der Waals surface area (Å²) in [6.07, 6.45) is 0. The van der Waals surface area contributed by atoms with Gasteiger partial charge in [0.1, 0.15) is 0 Å². The van der Waals surface area contributed by atoms with E-state index in [1.165, 1.54) is 0 Å². The van der Waals surface area contributed by atoms with Gasteiger partial charge < -0.3 is 10.0 Å². The van der Waals surface area contributed by atoms with Crippen LogP contribution in [0.15, 0.2) is 24.3 Å². The number of nitrogens with zero attached hydrogens (tertiary/aromatic N) is 2. The van der Waals surface area contributed by atoms with Crippen molar-refractivity contribution in [2.75, 3.05) is 19.0 Å². The average Bonchev–Trinajstić information content (AvgIpc) is 2.27. The average molecular weight is 216 g/mol. The van der Waals surface area contributed by atoms with Gasteiger partial charge in [0, 0.05) is 30.9 Å². The van der Waals surface area contributed by atoms with Crippen LogP contribution in [0.4, 0.5) is 5.69 Å². The highest BCUT2D eigenvalue weighted by molar-refractivity contribution is 5.92. The maximum Gasteiger partial charge on any atom is 0.0726 e. The predicted molar refractivity (Wildman–Crippen MR) is 66.7 cm³/mol. The van der Waals surface area contributed by atoms with Crippen molar-refractivity contribution < 1.29 is 5.11 Å². The monoisotopic (exact) mass is 216 g/mol. The maximum absolute atomic E-state index is 9.15. The number of hydrogen-bond acceptors (Lipinski definition) is 3. The lowest BCUT2D eigenvalue weighted by atomic mass is 10.1. The zero-order valence-corrected chi connectivity index (χ0v) is 9.86. The summed E-state index contributed by atoms with van der Waals surface area (Å²) in [7, 11) is 4.03. The Morgan fingerprint density at radius 2 is 2.00 bits per heavy atom. The molecule has 0 radical (unpaired) electrons. The van der Waals surface area contributed by atoms with Gasteiger partial charge in [0.25, 0.3) is 0 Å². The number of fused-ring (bicyclic) bond motifs is 1. The second-order valence-corrected chi connectivity index (χ2v) is 4.19. The Bertz CT molecular complexity index is 521. The zero-order valence-electron chi connectivity index (χ0n) is 9.86. The maximum atomic E-state index is 9.15. The Balaban J connectivity index is 2.75. The van der Waals surface area contributed by atoms with Crippen LogP contribution in [0.3, 0.4) is 0 Å². The van der Waals surface area contributed by atoms with E-state index in [9.17, 15) is 0 Å². The number of aromatic nitrogens is 1. The minimum atomic E-state index is 0.0662. The molecule has 0 saturated heterocycles. The van der Waals surface area contributed by atoms with Crippen LogP contribution in [0, 0.1) is 6.92 Å². The first-order valence-corrected chi connectivity index (χ1v) is 5.30. The Morgan fingerprint density at radius 1 is 1.25 bits per heavy atom. The van der Waals surface area contributed by atoms with E-state index in [4.69, 9.17) is 5.11 Å². The highest BCUT2D eigenvalue weighted by Gasteiger charge is 2.06. The van der Waals surface area contributed by atoms with Gasteiger partial charge in [0.15, 0.2) is 0 Å². The first-order valence-electron chi connectivity index (χ1n) is 5.30. The van der Waals surface area contributed by atoms with Crippen molar-refractivity contribution in [3.8, 4) is 0 Å². The van der Waals surface area contributed by atoms with Crippen LogP contribution in [0.1, 0.15) is 11.3 Å². The fraction of sp³-hybridized carbons (Fsp3) is 0.308. The third kappa shape index (κ3) is 1.86. The lowest BCUT2D eigenvalue weighted by Crippen LogP contribution is -2.10. The molecule has 0 spiro atoms. The van der Waals surface area contributed by atoms with Crippen LogP contribution in [0.25, 0.3) is 10.9 Å². The van der Waals surface area contributed by atoms with E-state index in [0.29, 0.717) is 0 Å². The van der Waals surface area contributed by atoms with Gasteiger partial charge in [-0.05, 0) is 30.7 Å². The van der Waals surface area contributed by atoms with Crippen molar-refractivity contribution >= 4 is 16.6 Å². The highest BCUT2D eigenvalue weighted by atomic mass is 16.3. The smallest absolute Gasteiger partial charge is 0.0726 e. The summed E-state index contributed by atoms with van der Waals surface area (Å²) in [6.45, 7) is 2.06. The van der Waals surface area contributed by atoms with E-state index >= 15 is 0 Å². The lowest BCUT2D eigenvalue weighted by Gasteiger charge is -2.16. The largest absolute Gasteiger partial charge is 0.392 e. The van der Waals surface area contributed by atoms with E-state index in [1.54, 1.807) is 0 Å². The molecule has 0 bridgehead atoms. The van der Waals surface area contributed by atoms with Crippen LogP contribution in [-0.4, -0.2) is 24.2 Å². The van der Waals surface area contributed by atoms with Crippen molar-refractivity contribution in [2.45, 2.75) is 13.5 Å². The van der Waals surface area contributed by atoms with Gasteiger partial charge in [0.05, 0.1) is 12.1 Å². The van der Waals surface area contributed by atoms with E-state index < -0.39 is 0 Å². The molecule has 3 heteroatoms. The summed E-state index contributed by atoms with van der Waals surface area (Å²) in [5.41, 5.74) is 4.04. The van der Waals surface area contributed by atoms with Crippen molar-refractivity contribution in [1.82, 2.24) is 4.98 Å². The van der Waals surface area contributed by atoms with Gasteiger partial charge >= 0.3 is 0 Å². The minimum absolute atomic E-state index is 0.0662. The fourth-order valence-electron chi connectivity index (χ4n) is 1.85. The summed E-state index contributed by atoms with van der Waals surface area (Å²) in [6, 6.07) is 7.93. The van der Waals surface area contributed by atoms with Gasteiger partial charge in [-0.2, -0.15) is 0 Å². The van der Waals surface area contributed by atoms with E-state index in [1.807, 2.05) is 39.2 Å². The summed E-state index contributed by atoms with van der Waals surface area (Å²) in [5, 5.41) is 10.2. The van der Waals surface area contributed by atoms with Crippen molar-refractivity contribution in [3.63, 3.8) is 0 Å². The van der Waals surface area contributed by atoms with Gasteiger partial charge in [-0.1, -0.05) is 6.07 Å². The molecule has 1 aromatic carbocycles. The molecule has 84 valence electrons. The standard InChI is InChI=1S/C13H16N2O/c1-9-6-13(15(2)3)11-7-10(8-16)4-5-12(11)14-9/h4-7,16H,8H2,1-3H3. The fourth-order valence-corrected chi connectivity index (χ4v) is 1.85. The SMILES string of the molecule is Cc1cc(N(C)C)c2cc(CO)ccc2n1. The summed E-state index contributed by atoms with van der Waals surface area (Å²) < 4.78 is 0. The Kier molecular flexibility index (Phi) is 2.79. The summed E-state index contributed by atoms with van der Waals surface area (Å²) >= 11 is 0. The molecule has 0 saturated carbocycles. The van der Waals surface area contributed by atoms with E-state index in [0.717, 1.165) is 27.8 Å². The van der Waals surface area contributed by atoms with Crippen LogP contribution in [0.2, 0.25) is 0 Å². The molecule has 3 nitrogen and oxygen atoms in total. The Hall–Kier alpha value is -1.61. The molecule has 0 aliphatic rings. The highest BCUT2D eigenvalue weighted by Crippen LogP contribution is 2.26. The van der Waals surface area contributed by atoms with Gasteiger partial charge in [-0.3, -0.25) is 4.98 Å². The van der Waals surface area contributed by atoms with E-state index in [2.05, 4.69) is 16.0 Å². The summed E-state index contributed by atoms with van der Waals surface area (Å²) in [5.74, 6) is 0. The van der Waals surface area contributed by atoms with E-state index in [-0.39, 0.29) is 6.61 Å². The molecule has 1 heterocycles. The third-order valence-corrected chi connectivity index (χ3v) is 2.64. The number of hydrogen-bond donors (Lipinski definition) is 1. The number of rotatable bonds is 2. The number of benzene rings is 1. The molecule has 16 heavy (non-hydrogen) atoms. The topological polar surface area (TPSA) is 36.4 Å². The van der Waals surface area contributed by atoms with Gasteiger partial charge in [0.2, 0.25) is 0 Å². The minimum Gasteiger partial charge on any atom is -0.392 e. The molecule has 0 aliphatic heterocycles. The third-order valence-electron chi connectivity index (χ3n) is 2.64. The Morgan fingerprint density at radius 3 is 2.62 bits per heavy atom. The molecule has 0 fully saturated rings. The molecule has 0 atom stereocenters. The molecule has 2 aromatic rings.